The lowest BCUT2D eigenvalue weighted by molar-refractivity contribution is -0.128. The molecular formula is C11H18O2. The van der Waals surface area contributed by atoms with Gasteiger partial charge >= 0.3 is 0 Å². The lowest BCUT2D eigenvalue weighted by Gasteiger charge is -2.37. The highest BCUT2D eigenvalue weighted by Crippen LogP contribution is 2.33. The standard InChI is InChI=1S/C11H18O2/c1-7-6-9(12)8(2)10(13-7)11(3,4)5/h6,8,10H,1-5H3/t8-,10-/m0/s1. The van der Waals surface area contributed by atoms with Crippen LogP contribution in [-0.4, -0.2) is 11.9 Å². The van der Waals surface area contributed by atoms with Gasteiger partial charge in [-0.3, -0.25) is 4.79 Å². The van der Waals surface area contributed by atoms with Crippen molar-refractivity contribution in [3.05, 3.63) is 11.8 Å². The summed E-state index contributed by atoms with van der Waals surface area (Å²) in [4.78, 5) is 11.5. The molecule has 74 valence electrons. The molecule has 1 rings (SSSR count). The molecule has 0 bridgehead atoms. The Kier molecular flexibility index (Phi) is 2.51. The Bertz CT molecular complexity index is 245. The van der Waals surface area contributed by atoms with Crippen molar-refractivity contribution in [2.75, 3.05) is 0 Å². The van der Waals surface area contributed by atoms with E-state index in [4.69, 9.17) is 4.74 Å². The largest absolute Gasteiger partial charge is 0.494 e. The summed E-state index contributed by atoms with van der Waals surface area (Å²) in [7, 11) is 0. The van der Waals surface area contributed by atoms with E-state index < -0.39 is 0 Å². The van der Waals surface area contributed by atoms with Crippen molar-refractivity contribution in [1.82, 2.24) is 0 Å². The van der Waals surface area contributed by atoms with Crippen LogP contribution in [0.25, 0.3) is 0 Å². The highest BCUT2D eigenvalue weighted by molar-refractivity contribution is 5.93. The molecule has 1 aliphatic rings. The van der Waals surface area contributed by atoms with E-state index in [9.17, 15) is 4.79 Å². The first kappa shape index (κ1) is 10.3. The zero-order chi connectivity index (χ0) is 10.2. The number of ether oxygens (including phenoxy) is 1. The van der Waals surface area contributed by atoms with E-state index in [1.807, 2.05) is 13.8 Å². The summed E-state index contributed by atoms with van der Waals surface area (Å²) in [6, 6.07) is 0. The minimum Gasteiger partial charge on any atom is -0.494 e. The fourth-order valence-electron chi connectivity index (χ4n) is 1.74. The molecule has 0 aromatic rings. The van der Waals surface area contributed by atoms with Crippen LogP contribution in [0.2, 0.25) is 0 Å². The van der Waals surface area contributed by atoms with Crippen molar-refractivity contribution < 1.29 is 9.53 Å². The Morgan fingerprint density at radius 3 is 2.38 bits per heavy atom. The van der Waals surface area contributed by atoms with Crippen LogP contribution in [0.5, 0.6) is 0 Å². The third-order valence-electron chi connectivity index (χ3n) is 2.41. The molecule has 2 atom stereocenters. The molecule has 0 amide bonds. The van der Waals surface area contributed by atoms with Crippen LogP contribution in [-0.2, 0) is 9.53 Å². The van der Waals surface area contributed by atoms with Crippen molar-refractivity contribution in [2.45, 2.75) is 40.7 Å². The van der Waals surface area contributed by atoms with Crippen molar-refractivity contribution in [3.8, 4) is 0 Å². The van der Waals surface area contributed by atoms with Gasteiger partial charge in [0.15, 0.2) is 5.78 Å². The molecule has 0 spiro atoms. The number of rotatable bonds is 0. The van der Waals surface area contributed by atoms with Crippen LogP contribution in [0.4, 0.5) is 0 Å². The third kappa shape index (κ3) is 2.11. The SMILES string of the molecule is CC1=CC(=O)[C@H](C)[C@@H](C(C)(C)C)O1. The summed E-state index contributed by atoms with van der Waals surface area (Å²) in [5, 5.41) is 0. The van der Waals surface area contributed by atoms with E-state index in [1.165, 1.54) is 0 Å². The van der Waals surface area contributed by atoms with E-state index in [-0.39, 0.29) is 23.2 Å². The van der Waals surface area contributed by atoms with Gasteiger partial charge < -0.3 is 4.74 Å². The van der Waals surface area contributed by atoms with Gasteiger partial charge in [-0.2, -0.15) is 0 Å². The Hall–Kier alpha value is -0.790. The minimum atomic E-state index is -0.0244. The van der Waals surface area contributed by atoms with Crippen LogP contribution in [0.1, 0.15) is 34.6 Å². The van der Waals surface area contributed by atoms with Gasteiger partial charge in [-0.25, -0.2) is 0 Å². The molecule has 0 saturated heterocycles. The monoisotopic (exact) mass is 182 g/mol. The minimum absolute atomic E-state index is 0.00463. The van der Waals surface area contributed by atoms with E-state index in [0.717, 1.165) is 5.76 Å². The molecular weight excluding hydrogens is 164 g/mol. The molecule has 0 unspecified atom stereocenters. The molecule has 2 heteroatoms. The molecule has 0 aromatic heterocycles. The molecule has 0 N–H and O–H groups in total. The van der Waals surface area contributed by atoms with Crippen LogP contribution in [0.3, 0.4) is 0 Å². The van der Waals surface area contributed by atoms with Crippen LogP contribution >= 0.6 is 0 Å². The lowest BCUT2D eigenvalue weighted by atomic mass is 9.79. The summed E-state index contributed by atoms with van der Waals surface area (Å²) >= 11 is 0. The maximum absolute atomic E-state index is 11.5. The molecule has 0 aromatic carbocycles. The topological polar surface area (TPSA) is 26.3 Å². The first-order valence-electron chi connectivity index (χ1n) is 4.71. The first-order valence-corrected chi connectivity index (χ1v) is 4.71. The zero-order valence-corrected chi connectivity index (χ0v) is 9.05. The number of carbonyl (C=O) groups excluding carboxylic acids is 1. The fourth-order valence-corrected chi connectivity index (χ4v) is 1.74. The van der Waals surface area contributed by atoms with Gasteiger partial charge in [0.05, 0.1) is 11.7 Å². The summed E-state index contributed by atoms with van der Waals surface area (Å²) in [6.45, 7) is 10.1. The van der Waals surface area contributed by atoms with Gasteiger partial charge in [0.2, 0.25) is 0 Å². The molecule has 1 heterocycles. The van der Waals surface area contributed by atoms with E-state index in [0.29, 0.717) is 0 Å². The number of allylic oxidation sites excluding steroid dienone is 2. The Labute approximate surface area is 80.0 Å². The summed E-state index contributed by atoms with van der Waals surface area (Å²) < 4.78 is 5.67. The number of ketones is 1. The number of hydrogen-bond donors (Lipinski definition) is 0. The predicted octanol–water partition coefficient (Wildman–Crippen LogP) is 2.54. The maximum Gasteiger partial charge on any atom is 0.165 e. The number of hydrogen-bond acceptors (Lipinski definition) is 2. The normalized spacial score (nSPS) is 29.6. The highest BCUT2D eigenvalue weighted by Gasteiger charge is 2.37. The summed E-state index contributed by atoms with van der Waals surface area (Å²) in [5.74, 6) is 0.899. The first-order chi connectivity index (χ1) is 5.82. The van der Waals surface area contributed by atoms with Gasteiger partial charge in [0.1, 0.15) is 6.10 Å². The summed E-state index contributed by atoms with van der Waals surface area (Å²) in [6.07, 6.45) is 1.59. The Morgan fingerprint density at radius 1 is 1.38 bits per heavy atom. The maximum atomic E-state index is 11.5. The van der Waals surface area contributed by atoms with E-state index >= 15 is 0 Å². The van der Waals surface area contributed by atoms with Gasteiger partial charge in [0, 0.05) is 6.08 Å². The summed E-state index contributed by atoms with van der Waals surface area (Å²) in [5.41, 5.74) is 0.0184. The second-order valence-electron chi connectivity index (χ2n) is 4.85. The zero-order valence-electron chi connectivity index (χ0n) is 9.05. The van der Waals surface area contributed by atoms with Crippen molar-refractivity contribution in [3.63, 3.8) is 0 Å². The van der Waals surface area contributed by atoms with Gasteiger partial charge in [-0.05, 0) is 12.3 Å². The molecule has 0 fully saturated rings. The van der Waals surface area contributed by atoms with Gasteiger partial charge in [-0.1, -0.05) is 27.7 Å². The average molecular weight is 182 g/mol. The van der Waals surface area contributed by atoms with Crippen LogP contribution < -0.4 is 0 Å². The second kappa shape index (κ2) is 3.17. The third-order valence-corrected chi connectivity index (χ3v) is 2.41. The molecule has 0 saturated carbocycles. The lowest BCUT2D eigenvalue weighted by Crippen LogP contribution is -2.40. The Morgan fingerprint density at radius 2 is 1.92 bits per heavy atom. The quantitative estimate of drug-likeness (QED) is 0.575. The van der Waals surface area contributed by atoms with Gasteiger partial charge in [-0.15, -0.1) is 0 Å². The smallest absolute Gasteiger partial charge is 0.165 e. The van der Waals surface area contributed by atoms with Crippen LogP contribution in [0, 0.1) is 11.3 Å². The van der Waals surface area contributed by atoms with Crippen molar-refractivity contribution >= 4 is 5.78 Å². The van der Waals surface area contributed by atoms with Gasteiger partial charge in [0.25, 0.3) is 0 Å². The Balaban J connectivity index is 2.91. The van der Waals surface area contributed by atoms with Crippen molar-refractivity contribution in [1.29, 1.82) is 0 Å². The van der Waals surface area contributed by atoms with E-state index in [1.54, 1.807) is 6.08 Å². The molecule has 1 aliphatic heterocycles. The molecule has 0 radical (unpaired) electrons. The molecule has 13 heavy (non-hydrogen) atoms. The fraction of sp³-hybridized carbons (Fsp3) is 0.727. The predicted molar refractivity (Wildman–Crippen MR) is 52.3 cm³/mol. The van der Waals surface area contributed by atoms with E-state index in [2.05, 4.69) is 20.8 Å². The average Bonchev–Trinajstić information content (AvgIpc) is 1.94. The van der Waals surface area contributed by atoms with Crippen LogP contribution in [0.15, 0.2) is 11.8 Å². The number of carbonyl (C=O) groups is 1. The van der Waals surface area contributed by atoms with Crippen molar-refractivity contribution in [2.24, 2.45) is 11.3 Å². The highest BCUT2D eigenvalue weighted by atomic mass is 16.5. The molecule has 2 nitrogen and oxygen atoms in total. The second-order valence-corrected chi connectivity index (χ2v) is 4.85. The molecule has 0 aliphatic carbocycles.